The van der Waals surface area contributed by atoms with E-state index in [4.69, 9.17) is 0 Å². The second-order valence-electron chi connectivity index (χ2n) is 4.78. The van der Waals surface area contributed by atoms with Gasteiger partial charge in [-0.3, -0.25) is 4.79 Å². The van der Waals surface area contributed by atoms with Crippen LogP contribution in [0.4, 0.5) is 0 Å². The zero-order chi connectivity index (χ0) is 10.8. The number of rotatable bonds is 2. The van der Waals surface area contributed by atoms with E-state index in [-0.39, 0.29) is 18.1 Å². The largest absolute Gasteiger partial charge is 0.392 e. The average molecular weight is 212 g/mol. The Morgan fingerprint density at radius 3 is 2.80 bits per heavy atom. The molecule has 0 aromatic heterocycles. The van der Waals surface area contributed by atoms with Gasteiger partial charge in [0.15, 0.2) is 0 Å². The minimum atomic E-state index is -0.187. The van der Waals surface area contributed by atoms with Gasteiger partial charge in [-0.05, 0) is 25.7 Å². The van der Waals surface area contributed by atoms with Crippen LogP contribution in [-0.4, -0.2) is 47.7 Å². The summed E-state index contributed by atoms with van der Waals surface area (Å²) >= 11 is 0. The van der Waals surface area contributed by atoms with E-state index < -0.39 is 0 Å². The highest BCUT2D eigenvalue weighted by Gasteiger charge is 2.30. The molecule has 2 aliphatic rings. The van der Waals surface area contributed by atoms with Crippen molar-refractivity contribution in [3.8, 4) is 0 Å². The fourth-order valence-corrected chi connectivity index (χ4v) is 2.59. The molecule has 2 fully saturated rings. The minimum Gasteiger partial charge on any atom is -0.392 e. The first kappa shape index (κ1) is 10.9. The molecule has 1 amide bonds. The molecule has 0 radical (unpaired) electrons. The summed E-state index contributed by atoms with van der Waals surface area (Å²) < 4.78 is 0. The van der Waals surface area contributed by atoms with E-state index in [1.807, 2.05) is 7.05 Å². The van der Waals surface area contributed by atoms with Crippen LogP contribution >= 0.6 is 0 Å². The van der Waals surface area contributed by atoms with Crippen molar-refractivity contribution in [1.82, 2.24) is 10.2 Å². The summed E-state index contributed by atoms with van der Waals surface area (Å²) in [4.78, 5) is 13.1. The maximum atomic E-state index is 11.3. The van der Waals surface area contributed by atoms with E-state index in [0.717, 1.165) is 32.2 Å². The van der Waals surface area contributed by atoms with Gasteiger partial charge in [-0.25, -0.2) is 0 Å². The van der Waals surface area contributed by atoms with Gasteiger partial charge in [0.05, 0.1) is 6.10 Å². The van der Waals surface area contributed by atoms with Crippen LogP contribution < -0.4 is 5.32 Å². The normalized spacial score (nSPS) is 37.3. The summed E-state index contributed by atoms with van der Waals surface area (Å²) in [5.74, 6) is 0.236. The molecular weight excluding hydrogens is 192 g/mol. The molecule has 3 atom stereocenters. The summed E-state index contributed by atoms with van der Waals surface area (Å²) in [7, 11) is 1.85. The van der Waals surface area contributed by atoms with Gasteiger partial charge in [0, 0.05) is 32.1 Å². The highest BCUT2D eigenvalue weighted by Crippen LogP contribution is 2.21. The zero-order valence-electron chi connectivity index (χ0n) is 9.28. The monoisotopic (exact) mass is 212 g/mol. The molecule has 0 spiro atoms. The predicted molar refractivity (Wildman–Crippen MR) is 57.4 cm³/mol. The van der Waals surface area contributed by atoms with E-state index in [2.05, 4.69) is 5.32 Å². The van der Waals surface area contributed by atoms with E-state index >= 15 is 0 Å². The van der Waals surface area contributed by atoms with Crippen LogP contribution in [0.2, 0.25) is 0 Å². The second kappa shape index (κ2) is 4.49. The van der Waals surface area contributed by atoms with Crippen molar-refractivity contribution >= 4 is 5.91 Å². The van der Waals surface area contributed by atoms with Crippen molar-refractivity contribution in [1.29, 1.82) is 0 Å². The molecule has 15 heavy (non-hydrogen) atoms. The lowest BCUT2D eigenvalue weighted by Gasteiger charge is -2.33. The number of amides is 1. The van der Waals surface area contributed by atoms with Crippen molar-refractivity contribution < 1.29 is 9.90 Å². The quantitative estimate of drug-likeness (QED) is 0.683. The standard InChI is InChI=1S/C11H20N2O2/c1-13-7-8(5-6-11(13)15)12-9-3-2-4-10(9)14/h8-10,12,14H,2-7H2,1H3/t8?,9-,10-/m0/s1. The van der Waals surface area contributed by atoms with E-state index in [0.29, 0.717) is 12.5 Å². The first-order valence-corrected chi connectivity index (χ1v) is 5.85. The molecule has 4 heteroatoms. The maximum absolute atomic E-state index is 11.3. The van der Waals surface area contributed by atoms with Crippen LogP contribution in [0, 0.1) is 0 Å². The number of hydrogen-bond acceptors (Lipinski definition) is 3. The molecule has 1 aliphatic heterocycles. The molecule has 4 nitrogen and oxygen atoms in total. The van der Waals surface area contributed by atoms with Crippen LogP contribution in [0.5, 0.6) is 0 Å². The van der Waals surface area contributed by atoms with Crippen molar-refractivity contribution in [2.75, 3.05) is 13.6 Å². The van der Waals surface area contributed by atoms with Gasteiger partial charge < -0.3 is 15.3 Å². The summed E-state index contributed by atoms with van der Waals surface area (Å²) in [5, 5.41) is 13.2. The molecular formula is C11H20N2O2. The Kier molecular flexibility index (Phi) is 3.26. The third-order valence-corrected chi connectivity index (χ3v) is 3.56. The number of hydrogen-bond donors (Lipinski definition) is 2. The molecule has 0 bridgehead atoms. The Morgan fingerprint density at radius 1 is 1.40 bits per heavy atom. The Morgan fingerprint density at radius 2 is 2.20 bits per heavy atom. The van der Waals surface area contributed by atoms with Crippen LogP contribution in [0.25, 0.3) is 0 Å². The highest BCUT2D eigenvalue weighted by molar-refractivity contribution is 5.76. The molecule has 1 heterocycles. The van der Waals surface area contributed by atoms with Gasteiger partial charge in [0.1, 0.15) is 0 Å². The maximum Gasteiger partial charge on any atom is 0.222 e. The van der Waals surface area contributed by atoms with E-state index in [9.17, 15) is 9.90 Å². The highest BCUT2D eigenvalue weighted by atomic mass is 16.3. The summed E-state index contributed by atoms with van der Waals surface area (Å²) in [6, 6.07) is 0.613. The van der Waals surface area contributed by atoms with Crippen LogP contribution in [0.15, 0.2) is 0 Å². The van der Waals surface area contributed by atoms with Gasteiger partial charge >= 0.3 is 0 Å². The first-order chi connectivity index (χ1) is 7.16. The smallest absolute Gasteiger partial charge is 0.222 e. The molecule has 0 aromatic rings. The summed E-state index contributed by atoms with van der Waals surface area (Å²) in [6.07, 6.45) is 4.45. The van der Waals surface area contributed by atoms with Crippen LogP contribution in [-0.2, 0) is 4.79 Å². The Hall–Kier alpha value is -0.610. The van der Waals surface area contributed by atoms with Gasteiger partial charge in [0.25, 0.3) is 0 Å². The number of likely N-dealkylation sites (tertiary alicyclic amines) is 1. The fourth-order valence-electron chi connectivity index (χ4n) is 2.59. The molecule has 86 valence electrons. The number of piperidine rings is 1. The zero-order valence-corrected chi connectivity index (χ0v) is 9.28. The molecule has 1 saturated heterocycles. The molecule has 1 saturated carbocycles. The number of aliphatic hydroxyl groups excluding tert-OH is 1. The lowest BCUT2D eigenvalue weighted by atomic mass is 10.0. The average Bonchev–Trinajstić information content (AvgIpc) is 2.59. The van der Waals surface area contributed by atoms with E-state index in [1.165, 1.54) is 0 Å². The molecule has 2 N–H and O–H groups in total. The SMILES string of the molecule is CN1CC(N[C@H]2CCC[C@@H]2O)CCC1=O. The van der Waals surface area contributed by atoms with Crippen molar-refractivity contribution in [2.45, 2.75) is 50.3 Å². The fraction of sp³-hybridized carbons (Fsp3) is 0.909. The van der Waals surface area contributed by atoms with Gasteiger partial charge in [0.2, 0.25) is 5.91 Å². The van der Waals surface area contributed by atoms with Crippen LogP contribution in [0.1, 0.15) is 32.1 Å². The molecule has 1 unspecified atom stereocenters. The van der Waals surface area contributed by atoms with Crippen LogP contribution in [0.3, 0.4) is 0 Å². The second-order valence-corrected chi connectivity index (χ2v) is 4.78. The summed E-state index contributed by atoms with van der Waals surface area (Å²) in [5.41, 5.74) is 0. The predicted octanol–water partition coefficient (Wildman–Crippen LogP) is 0.110. The number of aliphatic hydroxyl groups is 1. The topological polar surface area (TPSA) is 52.6 Å². The lowest BCUT2D eigenvalue weighted by molar-refractivity contribution is -0.132. The molecule has 2 rings (SSSR count). The lowest BCUT2D eigenvalue weighted by Crippen LogP contribution is -2.51. The Bertz CT molecular complexity index is 245. The van der Waals surface area contributed by atoms with Crippen molar-refractivity contribution in [3.63, 3.8) is 0 Å². The third kappa shape index (κ3) is 2.49. The van der Waals surface area contributed by atoms with Crippen molar-refractivity contribution in [3.05, 3.63) is 0 Å². The van der Waals surface area contributed by atoms with Gasteiger partial charge in [-0.15, -0.1) is 0 Å². The summed E-state index contributed by atoms with van der Waals surface area (Å²) in [6.45, 7) is 0.780. The number of nitrogens with zero attached hydrogens (tertiary/aromatic N) is 1. The van der Waals surface area contributed by atoms with Gasteiger partial charge in [-0.1, -0.05) is 0 Å². The number of likely N-dealkylation sites (N-methyl/N-ethyl adjacent to an activating group) is 1. The molecule has 0 aromatic carbocycles. The molecule has 1 aliphatic carbocycles. The number of carbonyl (C=O) groups is 1. The van der Waals surface area contributed by atoms with E-state index in [1.54, 1.807) is 4.90 Å². The van der Waals surface area contributed by atoms with Crippen molar-refractivity contribution in [2.24, 2.45) is 0 Å². The number of nitrogens with one attached hydrogen (secondary N) is 1. The first-order valence-electron chi connectivity index (χ1n) is 5.85. The third-order valence-electron chi connectivity index (χ3n) is 3.56. The minimum absolute atomic E-state index is 0.187. The number of carbonyl (C=O) groups excluding carboxylic acids is 1. The van der Waals surface area contributed by atoms with Gasteiger partial charge in [-0.2, -0.15) is 0 Å². The Balaban J connectivity index is 1.82. The Labute approximate surface area is 90.6 Å².